The molecule has 4 atom stereocenters. The molecule has 0 bridgehead atoms. The summed E-state index contributed by atoms with van der Waals surface area (Å²) in [5.74, 6) is 0.0257. The second kappa shape index (κ2) is 17.4. The number of alkyl carbamates (subject to hydrolysis) is 1. The van der Waals surface area contributed by atoms with Gasteiger partial charge in [-0.25, -0.2) is 4.79 Å². The number of benzene rings is 2. The van der Waals surface area contributed by atoms with Gasteiger partial charge in [-0.3, -0.25) is 9.59 Å². The Morgan fingerprint density at radius 2 is 1.50 bits per heavy atom. The summed E-state index contributed by atoms with van der Waals surface area (Å²) in [5.41, 5.74) is 2.83. The minimum atomic E-state index is -0.964. The maximum absolute atomic E-state index is 13.3. The van der Waals surface area contributed by atoms with Crippen LogP contribution < -0.4 is 20.7 Å². The van der Waals surface area contributed by atoms with Gasteiger partial charge in [0.15, 0.2) is 6.61 Å². The number of hydrogen-bond donors (Lipinski definition) is 4. The number of aryl methyl sites for hydroxylation is 2. The average Bonchev–Trinajstić information content (AvgIpc) is 2.91. The summed E-state index contributed by atoms with van der Waals surface area (Å²) in [7, 11) is 0. The molecule has 42 heavy (non-hydrogen) atoms. The van der Waals surface area contributed by atoms with Crippen LogP contribution in [0.25, 0.3) is 0 Å². The molecule has 0 aliphatic heterocycles. The molecule has 0 saturated carbocycles. The number of carbonyl (C=O) groups excluding carboxylic acids is 3. The monoisotopic (exact) mass is 583 g/mol. The molecule has 9 heteroatoms. The molecule has 9 nitrogen and oxygen atoms in total. The molecule has 0 aromatic heterocycles. The van der Waals surface area contributed by atoms with Crippen molar-refractivity contribution in [3.8, 4) is 5.75 Å². The van der Waals surface area contributed by atoms with E-state index in [1.54, 1.807) is 6.92 Å². The number of para-hydroxylation sites is 1. The maximum atomic E-state index is 13.3. The van der Waals surface area contributed by atoms with Crippen LogP contribution in [0.1, 0.15) is 64.2 Å². The van der Waals surface area contributed by atoms with Gasteiger partial charge in [0.05, 0.1) is 18.8 Å². The number of aliphatic hydroxyl groups is 1. The summed E-state index contributed by atoms with van der Waals surface area (Å²) >= 11 is 0. The van der Waals surface area contributed by atoms with Gasteiger partial charge in [-0.1, -0.05) is 76.2 Å². The van der Waals surface area contributed by atoms with Crippen molar-refractivity contribution >= 4 is 17.9 Å². The maximum Gasteiger partial charge on any atom is 0.407 e. The lowest BCUT2D eigenvalue weighted by Crippen LogP contribution is -2.54. The largest absolute Gasteiger partial charge is 0.483 e. The number of carbonyl (C=O) groups is 3. The Bertz CT molecular complexity index is 1120. The zero-order valence-electron chi connectivity index (χ0n) is 26.1. The number of amides is 3. The van der Waals surface area contributed by atoms with Crippen molar-refractivity contribution in [3.63, 3.8) is 0 Å². The van der Waals surface area contributed by atoms with E-state index in [9.17, 15) is 19.5 Å². The molecular weight excluding hydrogens is 534 g/mol. The molecule has 0 spiro atoms. The van der Waals surface area contributed by atoms with Gasteiger partial charge >= 0.3 is 6.09 Å². The quantitative estimate of drug-likeness (QED) is 0.231. The van der Waals surface area contributed by atoms with Crippen LogP contribution in [-0.4, -0.2) is 60.5 Å². The van der Waals surface area contributed by atoms with Gasteiger partial charge < -0.3 is 30.5 Å². The SMILES string of the molecule is CCOC(=O)N[C@H](C(=O)N[C@@H](CC(C)C)C[C@H](O)[C@H](Cc1ccccc1)NC(=O)COc1c(C)cccc1C)C(C)C. The Kier molecular flexibility index (Phi) is 14.3. The van der Waals surface area contributed by atoms with Crippen molar-refractivity contribution in [1.29, 1.82) is 0 Å². The van der Waals surface area contributed by atoms with E-state index in [1.165, 1.54) is 0 Å². The number of rotatable bonds is 16. The molecule has 2 aromatic rings. The summed E-state index contributed by atoms with van der Waals surface area (Å²) < 4.78 is 10.8. The summed E-state index contributed by atoms with van der Waals surface area (Å²) in [5, 5.41) is 20.1. The number of hydrogen-bond acceptors (Lipinski definition) is 6. The highest BCUT2D eigenvalue weighted by Gasteiger charge is 2.30. The first-order valence-corrected chi connectivity index (χ1v) is 14.8. The Balaban J connectivity index is 2.18. The Hall–Kier alpha value is -3.59. The molecule has 2 aromatic carbocycles. The number of nitrogens with one attached hydrogen (secondary N) is 3. The standard InChI is InChI=1S/C33H49N3O6/c1-8-41-33(40)36-30(22(4)5)32(39)34-26(17-21(2)3)19-28(37)27(18-25-15-10-9-11-16-25)35-29(38)20-42-31-23(6)13-12-14-24(31)7/h9-16,21-22,26-28,30,37H,8,17-20H2,1-7H3,(H,34,39)(H,35,38)(H,36,40)/t26-,27-,28-,30-/m0/s1. The Morgan fingerprint density at radius 3 is 2.07 bits per heavy atom. The van der Waals surface area contributed by atoms with Gasteiger partial charge in [-0.15, -0.1) is 0 Å². The minimum absolute atomic E-state index is 0.180. The number of aliphatic hydroxyl groups excluding tert-OH is 1. The lowest BCUT2D eigenvalue weighted by Gasteiger charge is -2.31. The lowest BCUT2D eigenvalue weighted by molar-refractivity contribution is -0.126. The predicted molar refractivity (Wildman–Crippen MR) is 164 cm³/mol. The molecule has 3 amide bonds. The van der Waals surface area contributed by atoms with Crippen LogP contribution in [-0.2, 0) is 20.7 Å². The van der Waals surface area contributed by atoms with Crippen LogP contribution in [0.4, 0.5) is 4.79 Å². The first kappa shape index (κ1) is 34.6. The van der Waals surface area contributed by atoms with Gasteiger partial charge in [-0.05, 0) is 68.6 Å². The average molecular weight is 584 g/mol. The van der Waals surface area contributed by atoms with Gasteiger partial charge in [0.1, 0.15) is 11.8 Å². The van der Waals surface area contributed by atoms with E-state index in [2.05, 4.69) is 16.0 Å². The second-order valence-corrected chi connectivity index (χ2v) is 11.6. The van der Waals surface area contributed by atoms with E-state index in [4.69, 9.17) is 9.47 Å². The highest BCUT2D eigenvalue weighted by molar-refractivity contribution is 5.86. The fraction of sp³-hybridized carbons (Fsp3) is 0.545. The fourth-order valence-electron chi connectivity index (χ4n) is 4.93. The van der Waals surface area contributed by atoms with Crippen molar-refractivity contribution in [3.05, 3.63) is 65.2 Å². The van der Waals surface area contributed by atoms with Crippen LogP contribution in [0, 0.1) is 25.7 Å². The van der Waals surface area contributed by atoms with Crippen LogP contribution >= 0.6 is 0 Å². The summed E-state index contributed by atoms with van der Waals surface area (Å²) in [6, 6.07) is 13.6. The molecule has 0 unspecified atom stereocenters. The molecule has 2 rings (SSSR count). The minimum Gasteiger partial charge on any atom is -0.483 e. The van der Waals surface area contributed by atoms with Crippen LogP contribution in [0.15, 0.2) is 48.5 Å². The van der Waals surface area contributed by atoms with Gasteiger partial charge in [0.25, 0.3) is 5.91 Å². The third kappa shape index (κ3) is 11.7. The Morgan fingerprint density at radius 1 is 0.857 bits per heavy atom. The molecule has 0 aliphatic rings. The smallest absolute Gasteiger partial charge is 0.407 e. The zero-order valence-corrected chi connectivity index (χ0v) is 26.1. The fourth-order valence-corrected chi connectivity index (χ4v) is 4.93. The van der Waals surface area contributed by atoms with Gasteiger partial charge in [0.2, 0.25) is 5.91 Å². The molecule has 0 aliphatic carbocycles. The Labute approximate surface area is 250 Å². The molecule has 0 heterocycles. The van der Waals surface area contributed by atoms with Crippen LogP contribution in [0.5, 0.6) is 5.75 Å². The van der Waals surface area contributed by atoms with Crippen molar-refractivity contribution in [2.45, 2.75) is 92.0 Å². The molecule has 0 radical (unpaired) electrons. The molecular formula is C33H49N3O6. The van der Waals surface area contributed by atoms with Crippen molar-refractivity contribution < 1.29 is 29.0 Å². The van der Waals surface area contributed by atoms with Crippen LogP contribution in [0.3, 0.4) is 0 Å². The topological polar surface area (TPSA) is 126 Å². The van der Waals surface area contributed by atoms with Crippen molar-refractivity contribution in [1.82, 2.24) is 16.0 Å². The predicted octanol–water partition coefficient (Wildman–Crippen LogP) is 4.46. The zero-order chi connectivity index (χ0) is 31.2. The lowest BCUT2D eigenvalue weighted by atomic mass is 9.92. The first-order valence-electron chi connectivity index (χ1n) is 14.8. The highest BCUT2D eigenvalue weighted by Crippen LogP contribution is 2.22. The third-order valence-corrected chi connectivity index (χ3v) is 6.99. The van der Waals surface area contributed by atoms with Crippen molar-refractivity contribution in [2.24, 2.45) is 11.8 Å². The summed E-state index contributed by atoms with van der Waals surface area (Å²) in [6.45, 7) is 13.3. The molecule has 0 saturated heterocycles. The van der Waals surface area contributed by atoms with E-state index in [0.29, 0.717) is 18.6 Å². The molecule has 232 valence electrons. The van der Waals surface area contributed by atoms with E-state index < -0.39 is 30.3 Å². The first-order chi connectivity index (χ1) is 19.9. The molecule has 4 N–H and O–H groups in total. The second-order valence-electron chi connectivity index (χ2n) is 11.6. The van der Waals surface area contributed by atoms with E-state index >= 15 is 0 Å². The van der Waals surface area contributed by atoms with E-state index in [0.717, 1.165) is 16.7 Å². The van der Waals surface area contributed by atoms with Gasteiger partial charge in [0, 0.05) is 6.04 Å². The normalized spacial score (nSPS) is 14.0. The highest BCUT2D eigenvalue weighted by atomic mass is 16.5. The van der Waals surface area contributed by atoms with E-state index in [1.807, 2.05) is 90.1 Å². The van der Waals surface area contributed by atoms with Gasteiger partial charge in [-0.2, -0.15) is 0 Å². The number of ether oxygens (including phenoxy) is 2. The van der Waals surface area contributed by atoms with Crippen molar-refractivity contribution in [2.75, 3.05) is 13.2 Å². The molecule has 0 fully saturated rings. The third-order valence-electron chi connectivity index (χ3n) is 6.99. The van der Waals surface area contributed by atoms with Crippen LogP contribution in [0.2, 0.25) is 0 Å². The van der Waals surface area contributed by atoms with E-state index in [-0.39, 0.29) is 43.3 Å². The summed E-state index contributed by atoms with van der Waals surface area (Å²) in [4.78, 5) is 38.3. The summed E-state index contributed by atoms with van der Waals surface area (Å²) in [6.07, 6.45) is -0.397.